The third-order valence-corrected chi connectivity index (χ3v) is 3.34. The van der Waals surface area contributed by atoms with E-state index >= 15 is 0 Å². The van der Waals surface area contributed by atoms with Gasteiger partial charge in [-0.2, -0.15) is 0 Å². The molecule has 1 aliphatic rings. The number of rotatable bonds is 2. The molecule has 0 spiro atoms. The van der Waals surface area contributed by atoms with Crippen LogP contribution in [-0.4, -0.2) is 22.8 Å². The minimum absolute atomic E-state index is 0.571. The minimum atomic E-state index is 0.571. The van der Waals surface area contributed by atoms with Crippen LogP contribution in [0.15, 0.2) is 42.9 Å². The summed E-state index contributed by atoms with van der Waals surface area (Å²) in [5, 5.41) is 0. The number of ether oxygens (including phenoxy) is 1. The van der Waals surface area contributed by atoms with Crippen molar-refractivity contribution in [2.45, 2.75) is 18.9 Å². The van der Waals surface area contributed by atoms with Gasteiger partial charge >= 0.3 is 0 Å². The topological polar surface area (TPSA) is 27.1 Å². The van der Waals surface area contributed by atoms with Crippen LogP contribution in [0.5, 0.6) is 0 Å². The Morgan fingerprint density at radius 2 is 1.88 bits per heavy atom. The molecule has 0 unspecified atom stereocenters. The van der Waals surface area contributed by atoms with Crippen molar-refractivity contribution >= 4 is 0 Å². The molecule has 88 valence electrons. The molecule has 3 heteroatoms. The fourth-order valence-corrected chi connectivity index (χ4v) is 2.44. The standard InChI is InChI=1S/C14H16N2O/c1-2-14(12-3-7-15-8-4-12)16(9-1)13-5-10-17-11-6-13/h1-4,7-9,13H,5-6,10-11H2. The van der Waals surface area contributed by atoms with E-state index in [4.69, 9.17) is 4.74 Å². The highest BCUT2D eigenvalue weighted by Gasteiger charge is 2.17. The van der Waals surface area contributed by atoms with Gasteiger partial charge in [-0.1, -0.05) is 0 Å². The SMILES string of the molecule is c1cc(-c2ccncc2)n(C2CCOCC2)c1. The normalized spacial score (nSPS) is 17.2. The maximum absolute atomic E-state index is 5.42. The molecule has 0 saturated carbocycles. The lowest BCUT2D eigenvalue weighted by Gasteiger charge is -2.25. The van der Waals surface area contributed by atoms with Crippen LogP contribution in [-0.2, 0) is 4.74 Å². The Morgan fingerprint density at radius 1 is 1.12 bits per heavy atom. The molecular weight excluding hydrogens is 212 g/mol. The lowest BCUT2D eigenvalue weighted by atomic mass is 10.1. The third kappa shape index (κ3) is 2.11. The average Bonchev–Trinajstić information content (AvgIpc) is 2.90. The van der Waals surface area contributed by atoms with E-state index < -0.39 is 0 Å². The summed E-state index contributed by atoms with van der Waals surface area (Å²) in [4.78, 5) is 4.07. The van der Waals surface area contributed by atoms with E-state index in [0.29, 0.717) is 6.04 Å². The van der Waals surface area contributed by atoms with Crippen LogP contribution >= 0.6 is 0 Å². The molecule has 3 rings (SSSR count). The first-order valence-electron chi connectivity index (χ1n) is 6.10. The first-order chi connectivity index (χ1) is 8.45. The summed E-state index contributed by atoms with van der Waals surface area (Å²) in [5.74, 6) is 0. The van der Waals surface area contributed by atoms with E-state index in [1.807, 2.05) is 12.4 Å². The maximum atomic E-state index is 5.42. The second kappa shape index (κ2) is 4.72. The highest BCUT2D eigenvalue weighted by molar-refractivity contribution is 5.59. The van der Waals surface area contributed by atoms with Gasteiger partial charge in [-0.25, -0.2) is 0 Å². The Kier molecular flexibility index (Phi) is 2.92. The summed E-state index contributed by atoms with van der Waals surface area (Å²) in [6.07, 6.45) is 8.07. The van der Waals surface area contributed by atoms with E-state index in [2.05, 4.69) is 40.0 Å². The van der Waals surface area contributed by atoms with Gasteiger partial charge < -0.3 is 9.30 Å². The van der Waals surface area contributed by atoms with E-state index in [-0.39, 0.29) is 0 Å². The second-order valence-electron chi connectivity index (χ2n) is 4.38. The van der Waals surface area contributed by atoms with Gasteiger partial charge in [0.05, 0.1) is 0 Å². The molecule has 0 aromatic carbocycles. The van der Waals surface area contributed by atoms with E-state index in [1.165, 1.54) is 11.3 Å². The van der Waals surface area contributed by atoms with Gasteiger partial charge in [-0.05, 0) is 37.1 Å². The Morgan fingerprint density at radius 3 is 2.65 bits per heavy atom. The van der Waals surface area contributed by atoms with Gasteiger partial charge in [0, 0.05) is 49.1 Å². The van der Waals surface area contributed by atoms with Gasteiger partial charge in [-0.3, -0.25) is 4.98 Å². The van der Waals surface area contributed by atoms with Crippen LogP contribution in [0, 0.1) is 0 Å². The molecular formula is C14H16N2O. The zero-order valence-electron chi connectivity index (χ0n) is 9.75. The highest BCUT2D eigenvalue weighted by Crippen LogP contribution is 2.28. The maximum Gasteiger partial charge on any atom is 0.0485 e. The van der Waals surface area contributed by atoms with Gasteiger partial charge in [0.2, 0.25) is 0 Å². The molecule has 2 aromatic rings. The Labute approximate surface area is 101 Å². The monoisotopic (exact) mass is 228 g/mol. The molecule has 1 aliphatic heterocycles. The fraction of sp³-hybridized carbons (Fsp3) is 0.357. The molecule has 3 heterocycles. The van der Waals surface area contributed by atoms with Crippen molar-refractivity contribution in [1.29, 1.82) is 0 Å². The Hall–Kier alpha value is -1.61. The van der Waals surface area contributed by atoms with Gasteiger partial charge in [0.1, 0.15) is 0 Å². The van der Waals surface area contributed by atoms with Crippen molar-refractivity contribution in [3.63, 3.8) is 0 Å². The van der Waals surface area contributed by atoms with Crippen LogP contribution in [0.1, 0.15) is 18.9 Å². The van der Waals surface area contributed by atoms with Crippen molar-refractivity contribution in [3.8, 4) is 11.3 Å². The smallest absolute Gasteiger partial charge is 0.0485 e. The number of pyridine rings is 1. The van der Waals surface area contributed by atoms with Crippen LogP contribution in [0.3, 0.4) is 0 Å². The van der Waals surface area contributed by atoms with Crippen molar-refractivity contribution in [2.24, 2.45) is 0 Å². The zero-order chi connectivity index (χ0) is 11.5. The molecule has 0 aliphatic carbocycles. The molecule has 1 saturated heterocycles. The predicted molar refractivity (Wildman–Crippen MR) is 66.8 cm³/mol. The van der Waals surface area contributed by atoms with Gasteiger partial charge in [0.25, 0.3) is 0 Å². The van der Waals surface area contributed by atoms with E-state index in [1.54, 1.807) is 0 Å². The van der Waals surface area contributed by atoms with Crippen LogP contribution < -0.4 is 0 Å². The quantitative estimate of drug-likeness (QED) is 0.790. The van der Waals surface area contributed by atoms with Crippen LogP contribution in [0.25, 0.3) is 11.3 Å². The number of nitrogens with zero attached hydrogens (tertiary/aromatic N) is 2. The molecule has 3 nitrogen and oxygen atoms in total. The van der Waals surface area contributed by atoms with Crippen molar-refractivity contribution in [1.82, 2.24) is 9.55 Å². The first kappa shape index (κ1) is 10.5. The lowest BCUT2D eigenvalue weighted by molar-refractivity contribution is 0.0701. The summed E-state index contributed by atoms with van der Waals surface area (Å²) in [6.45, 7) is 1.75. The summed E-state index contributed by atoms with van der Waals surface area (Å²) in [7, 11) is 0. The van der Waals surface area contributed by atoms with Crippen molar-refractivity contribution in [2.75, 3.05) is 13.2 Å². The summed E-state index contributed by atoms with van der Waals surface area (Å²) >= 11 is 0. The molecule has 1 fully saturated rings. The number of aromatic nitrogens is 2. The van der Waals surface area contributed by atoms with E-state index in [9.17, 15) is 0 Å². The molecule has 2 aromatic heterocycles. The minimum Gasteiger partial charge on any atom is -0.381 e. The highest BCUT2D eigenvalue weighted by atomic mass is 16.5. The largest absolute Gasteiger partial charge is 0.381 e. The Balaban J connectivity index is 1.93. The Bertz CT molecular complexity index is 472. The summed E-state index contributed by atoms with van der Waals surface area (Å²) in [6, 6.07) is 8.98. The molecule has 0 atom stereocenters. The van der Waals surface area contributed by atoms with Crippen molar-refractivity contribution in [3.05, 3.63) is 42.9 Å². The summed E-state index contributed by atoms with van der Waals surface area (Å²) in [5.41, 5.74) is 2.51. The zero-order valence-corrected chi connectivity index (χ0v) is 9.75. The number of hydrogen-bond donors (Lipinski definition) is 0. The second-order valence-corrected chi connectivity index (χ2v) is 4.38. The average molecular weight is 228 g/mol. The van der Waals surface area contributed by atoms with E-state index in [0.717, 1.165) is 26.1 Å². The molecule has 0 bridgehead atoms. The summed E-state index contributed by atoms with van der Waals surface area (Å²) < 4.78 is 7.79. The van der Waals surface area contributed by atoms with Crippen LogP contribution in [0.4, 0.5) is 0 Å². The van der Waals surface area contributed by atoms with Gasteiger partial charge in [0.15, 0.2) is 0 Å². The molecule has 0 amide bonds. The molecule has 17 heavy (non-hydrogen) atoms. The lowest BCUT2D eigenvalue weighted by Crippen LogP contribution is -2.19. The number of hydrogen-bond acceptors (Lipinski definition) is 2. The molecule has 0 radical (unpaired) electrons. The third-order valence-electron chi connectivity index (χ3n) is 3.34. The van der Waals surface area contributed by atoms with Gasteiger partial charge in [-0.15, -0.1) is 0 Å². The predicted octanol–water partition coefficient (Wildman–Crippen LogP) is 2.90. The first-order valence-corrected chi connectivity index (χ1v) is 6.10. The molecule has 0 N–H and O–H groups in total. The van der Waals surface area contributed by atoms with Crippen LogP contribution in [0.2, 0.25) is 0 Å². The van der Waals surface area contributed by atoms with Crippen molar-refractivity contribution < 1.29 is 4.74 Å². The fourth-order valence-electron chi connectivity index (χ4n) is 2.44.